The van der Waals surface area contributed by atoms with Gasteiger partial charge in [-0.2, -0.15) is 4.98 Å². The van der Waals surface area contributed by atoms with Crippen LogP contribution in [-0.4, -0.2) is 32.3 Å². The third-order valence-corrected chi connectivity index (χ3v) is 3.98. The summed E-state index contributed by atoms with van der Waals surface area (Å²) in [6.07, 6.45) is 4.26. The Bertz CT molecular complexity index is 430. The standard InChI is InChI=1S/C11H16N2O2Si/c1-14-7-6-10-12-8-9(16(3,4)5)11(13-10)15-2/h8H,1-5H3. The monoisotopic (exact) mass is 236 g/mol. The summed E-state index contributed by atoms with van der Waals surface area (Å²) in [7, 11) is 1.63. The molecule has 0 saturated heterocycles. The highest BCUT2D eigenvalue weighted by Gasteiger charge is 2.22. The molecular weight excluding hydrogens is 220 g/mol. The van der Waals surface area contributed by atoms with E-state index in [0.29, 0.717) is 11.7 Å². The molecule has 0 aliphatic carbocycles. The highest BCUT2D eigenvalue weighted by Crippen LogP contribution is 2.10. The Balaban J connectivity index is 3.17. The Labute approximate surface area is 97.0 Å². The maximum Gasteiger partial charge on any atom is 0.216 e. The van der Waals surface area contributed by atoms with Crippen LogP contribution in [0.5, 0.6) is 5.88 Å². The smallest absolute Gasteiger partial charge is 0.216 e. The molecule has 86 valence electrons. The molecule has 1 rings (SSSR count). The van der Waals surface area contributed by atoms with Crippen molar-refractivity contribution in [3.63, 3.8) is 0 Å². The van der Waals surface area contributed by atoms with Crippen LogP contribution in [0.4, 0.5) is 0 Å². The Morgan fingerprint density at radius 1 is 1.25 bits per heavy atom. The van der Waals surface area contributed by atoms with E-state index in [1.165, 1.54) is 7.11 Å². The fourth-order valence-corrected chi connectivity index (χ4v) is 2.44. The lowest BCUT2D eigenvalue weighted by Crippen LogP contribution is -2.39. The number of hydrogen-bond acceptors (Lipinski definition) is 4. The summed E-state index contributed by atoms with van der Waals surface area (Å²) in [5.41, 5.74) is 0. The lowest BCUT2D eigenvalue weighted by atomic mass is 10.5. The molecule has 0 saturated carbocycles. The molecule has 0 fully saturated rings. The van der Waals surface area contributed by atoms with Crippen molar-refractivity contribution in [2.45, 2.75) is 19.6 Å². The molecule has 1 aromatic rings. The van der Waals surface area contributed by atoms with Crippen LogP contribution in [0.3, 0.4) is 0 Å². The molecule has 1 heterocycles. The highest BCUT2D eigenvalue weighted by molar-refractivity contribution is 6.89. The van der Waals surface area contributed by atoms with Gasteiger partial charge in [-0.25, -0.2) is 4.98 Å². The maximum atomic E-state index is 5.27. The van der Waals surface area contributed by atoms with E-state index in [2.05, 4.69) is 46.4 Å². The summed E-state index contributed by atoms with van der Waals surface area (Å²) < 4.78 is 9.91. The fraction of sp³-hybridized carbons (Fsp3) is 0.455. The Hall–Kier alpha value is -1.54. The first-order chi connectivity index (χ1) is 7.49. The molecule has 5 heteroatoms. The summed E-state index contributed by atoms with van der Waals surface area (Å²) in [5.74, 6) is 3.73. The van der Waals surface area contributed by atoms with E-state index < -0.39 is 8.07 Å². The van der Waals surface area contributed by atoms with E-state index in [1.807, 2.05) is 0 Å². The molecule has 1 aromatic heterocycles. The second-order valence-electron chi connectivity index (χ2n) is 4.30. The summed E-state index contributed by atoms with van der Waals surface area (Å²) in [6, 6.07) is 0. The predicted molar refractivity (Wildman–Crippen MR) is 65.5 cm³/mol. The van der Waals surface area contributed by atoms with Crippen LogP contribution < -0.4 is 9.92 Å². The second kappa shape index (κ2) is 4.99. The molecule has 0 N–H and O–H groups in total. The molecule has 0 bridgehead atoms. The van der Waals surface area contributed by atoms with Crippen molar-refractivity contribution < 1.29 is 9.47 Å². The molecule has 0 atom stereocenters. The third kappa shape index (κ3) is 2.97. The first-order valence-corrected chi connectivity index (χ1v) is 8.44. The van der Waals surface area contributed by atoms with Gasteiger partial charge in [-0.15, -0.1) is 0 Å². The molecule has 0 aliphatic heterocycles. The lowest BCUT2D eigenvalue weighted by molar-refractivity contribution is 0.372. The largest absolute Gasteiger partial charge is 0.481 e. The zero-order valence-electron chi connectivity index (χ0n) is 10.3. The van der Waals surface area contributed by atoms with Crippen LogP contribution in [0.1, 0.15) is 5.82 Å². The predicted octanol–water partition coefficient (Wildman–Crippen LogP) is 0.986. The molecule has 0 radical (unpaired) electrons. The van der Waals surface area contributed by atoms with Crippen LogP contribution >= 0.6 is 0 Å². The summed E-state index contributed by atoms with van der Waals surface area (Å²) in [4.78, 5) is 8.42. The van der Waals surface area contributed by atoms with Crippen molar-refractivity contribution in [2.24, 2.45) is 0 Å². The number of methoxy groups -OCH3 is 2. The van der Waals surface area contributed by atoms with Crippen molar-refractivity contribution in [2.75, 3.05) is 14.2 Å². The van der Waals surface area contributed by atoms with Gasteiger partial charge in [0.05, 0.1) is 22.3 Å². The third-order valence-electron chi connectivity index (χ3n) is 2.02. The number of ether oxygens (including phenoxy) is 2. The van der Waals surface area contributed by atoms with Gasteiger partial charge in [-0.3, -0.25) is 0 Å². The van der Waals surface area contributed by atoms with Gasteiger partial charge in [0.2, 0.25) is 11.7 Å². The minimum atomic E-state index is -1.48. The minimum Gasteiger partial charge on any atom is -0.481 e. The molecule has 4 nitrogen and oxygen atoms in total. The first-order valence-electron chi connectivity index (χ1n) is 4.94. The SMILES string of the molecule is COC#Cc1ncc([Si](C)(C)C)c(OC)n1. The zero-order chi connectivity index (χ0) is 12.2. The zero-order valence-corrected chi connectivity index (χ0v) is 11.3. The van der Waals surface area contributed by atoms with Gasteiger partial charge in [0.25, 0.3) is 0 Å². The molecule has 0 amide bonds. The average molecular weight is 236 g/mol. The fourth-order valence-electron chi connectivity index (χ4n) is 1.19. The molecule has 16 heavy (non-hydrogen) atoms. The summed E-state index contributed by atoms with van der Waals surface area (Å²) >= 11 is 0. The van der Waals surface area contributed by atoms with Crippen molar-refractivity contribution in [1.29, 1.82) is 0 Å². The van der Waals surface area contributed by atoms with Gasteiger partial charge in [-0.1, -0.05) is 19.6 Å². The van der Waals surface area contributed by atoms with Crippen LogP contribution in [-0.2, 0) is 4.74 Å². The second-order valence-corrected chi connectivity index (χ2v) is 9.34. The molecule has 0 unspecified atom stereocenters. The van der Waals surface area contributed by atoms with E-state index in [-0.39, 0.29) is 0 Å². The van der Waals surface area contributed by atoms with Crippen LogP contribution in [0.2, 0.25) is 19.6 Å². The van der Waals surface area contributed by atoms with Gasteiger partial charge in [0.15, 0.2) is 0 Å². The number of rotatable bonds is 2. The van der Waals surface area contributed by atoms with Crippen LogP contribution in [0.25, 0.3) is 0 Å². The first kappa shape index (κ1) is 12.5. The molecular formula is C11H16N2O2Si. The highest BCUT2D eigenvalue weighted by atomic mass is 28.3. The summed E-state index contributed by atoms with van der Waals surface area (Å²) in [6.45, 7) is 6.65. The molecule has 0 aromatic carbocycles. The van der Waals surface area contributed by atoms with E-state index in [0.717, 1.165) is 5.19 Å². The van der Waals surface area contributed by atoms with Crippen LogP contribution in [0, 0.1) is 12.0 Å². The Morgan fingerprint density at radius 2 is 1.94 bits per heavy atom. The maximum absolute atomic E-state index is 5.27. The number of aromatic nitrogens is 2. The number of nitrogens with zero attached hydrogens (tertiary/aromatic N) is 2. The Morgan fingerprint density at radius 3 is 2.44 bits per heavy atom. The van der Waals surface area contributed by atoms with Crippen molar-refractivity contribution >= 4 is 13.3 Å². The molecule has 0 spiro atoms. The number of hydrogen-bond donors (Lipinski definition) is 0. The minimum absolute atomic E-state index is 0.417. The van der Waals surface area contributed by atoms with E-state index in [9.17, 15) is 0 Å². The topological polar surface area (TPSA) is 44.2 Å². The Kier molecular flexibility index (Phi) is 3.91. The molecule has 0 aliphatic rings. The van der Waals surface area contributed by atoms with Gasteiger partial charge in [0.1, 0.15) is 6.11 Å². The van der Waals surface area contributed by atoms with Gasteiger partial charge >= 0.3 is 0 Å². The quantitative estimate of drug-likeness (QED) is 0.567. The average Bonchev–Trinajstić information content (AvgIpc) is 2.24. The van der Waals surface area contributed by atoms with Gasteiger partial charge < -0.3 is 9.47 Å². The normalized spacial score (nSPS) is 10.3. The van der Waals surface area contributed by atoms with Gasteiger partial charge in [0, 0.05) is 17.3 Å². The van der Waals surface area contributed by atoms with Crippen molar-refractivity contribution in [3.05, 3.63) is 12.0 Å². The van der Waals surface area contributed by atoms with E-state index in [1.54, 1.807) is 13.3 Å². The van der Waals surface area contributed by atoms with E-state index in [4.69, 9.17) is 4.74 Å². The van der Waals surface area contributed by atoms with Crippen molar-refractivity contribution in [3.8, 4) is 17.9 Å². The summed E-state index contributed by atoms with van der Waals surface area (Å²) in [5, 5.41) is 1.10. The van der Waals surface area contributed by atoms with Gasteiger partial charge in [-0.05, 0) is 0 Å². The van der Waals surface area contributed by atoms with E-state index >= 15 is 0 Å². The lowest BCUT2D eigenvalue weighted by Gasteiger charge is -2.18. The van der Waals surface area contributed by atoms with Crippen molar-refractivity contribution in [1.82, 2.24) is 9.97 Å². The van der Waals surface area contributed by atoms with Crippen LogP contribution in [0.15, 0.2) is 6.20 Å².